The van der Waals surface area contributed by atoms with Gasteiger partial charge in [0, 0.05) is 22.1 Å². The van der Waals surface area contributed by atoms with Crippen LogP contribution in [0.15, 0.2) is 30.3 Å². The van der Waals surface area contributed by atoms with Crippen molar-refractivity contribution in [2.45, 2.75) is 77.7 Å². The summed E-state index contributed by atoms with van der Waals surface area (Å²) in [6.45, 7) is 18.1. The molecule has 0 spiro atoms. The predicted octanol–water partition coefficient (Wildman–Crippen LogP) is 5.84. The molecule has 2 rings (SSSR count). The molecule has 1 heterocycles. The molecule has 2 nitrogen and oxygen atoms in total. The highest BCUT2D eigenvalue weighted by molar-refractivity contribution is 6.73. The molecule has 124 valence electrons. The van der Waals surface area contributed by atoms with Crippen molar-refractivity contribution in [2.75, 3.05) is 0 Å². The van der Waals surface area contributed by atoms with E-state index in [0.29, 0.717) is 5.92 Å². The maximum atomic E-state index is 6.89. The molecule has 0 bridgehead atoms. The van der Waals surface area contributed by atoms with Crippen LogP contribution in [0.2, 0.25) is 10.1 Å². The molecule has 3 atom stereocenters. The Labute approximate surface area is 137 Å². The zero-order valence-electron chi connectivity index (χ0n) is 15.4. The van der Waals surface area contributed by atoms with Crippen molar-refractivity contribution in [1.82, 2.24) is 0 Å². The number of hydrogen-bond acceptors (Lipinski definition) is 2. The Morgan fingerprint density at radius 3 is 1.77 bits per heavy atom. The topological polar surface area (TPSA) is 18.5 Å². The molecule has 0 saturated carbocycles. The summed E-state index contributed by atoms with van der Waals surface area (Å²) in [5, 5.41) is 0.0410. The van der Waals surface area contributed by atoms with Crippen LogP contribution in [0.4, 0.5) is 0 Å². The second-order valence-corrected chi connectivity index (χ2v) is 13.5. The number of benzene rings is 1. The number of rotatable bonds is 1. The fraction of sp³-hybridized carbons (Fsp3) is 0.684. The summed E-state index contributed by atoms with van der Waals surface area (Å²) < 4.78 is 13.6. The molecule has 0 amide bonds. The van der Waals surface area contributed by atoms with E-state index in [-0.39, 0.29) is 22.3 Å². The Kier molecular flexibility index (Phi) is 4.64. The summed E-state index contributed by atoms with van der Waals surface area (Å²) in [5.41, 5.74) is 1.27. The largest absolute Gasteiger partial charge is 0.390 e. The highest BCUT2D eigenvalue weighted by atomic mass is 28.4. The Morgan fingerprint density at radius 2 is 1.32 bits per heavy atom. The molecule has 22 heavy (non-hydrogen) atoms. The van der Waals surface area contributed by atoms with Crippen LogP contribution >= 0.6 is 0 Å². The van der Waals surface area contributed by atoms with Crippen molar-refractivity contribution < 1.29 is 8.85 Å². The molecule has 0 unspecified atom stereocenters. The van der Waals surface area contributed by atoms with Crippen molar-refractivity contribution in [1.29, 1.82) is 0 Å². The van der Waals surface area contributed by atoms with Crippen LogP contribution in [0.3, 0.4) is 0 Å². The Morgan fingerprint density at radius 1 is 0.818 bits per heavy atom. The first kappa shape index (κ1) is 17.7. The van der Waals surface area contributed by atoms with E-state index >= 15 is 0 Å². The molecule has 1 aromatic rings. The van der Waals surface area contributed by atoms with Crippen molar-refractivity contribution >= 4 is 8.56 Å². The Bertz CT molecular complexity index is 484. The molecule has 0 radical (unpaired) electrons. The molecule has 0 aliphatic carbocycles. The molecule has 1 aliphatic heterocycles. The third kappa shape index (κ3) is 2.91. The minimum atomic E-state index is -2.44. The zero-order chi connectivity index (χ0) is 16.8. The van der Waals surface area contributed by atoms with Gasteiger partial charge >= 0.3 is 8.56 Å². The monoisotopic (exact) mass is 320 g/mol. The van der Waals surface area contributed by atoms with Gasteiger partial charge in [-0.2, -0.15) is 0 Å². The summed E-state index contributed by atoms with van der Waals surface area (Å²) in [7, 11) is -2.44. The summed E-state index contributed by atoms with van der Waals surface area (Å²) in [6.07, 6.45) is 0.333. The molecular formula is C19H32O2Si. The average Bonchev–Trinajstić information content (AvgIpc) is 2.40. The lowest BCUT2D eigenvalue weighted by Crippen LogP contribution is -2.63. The second kappa shape index (κ2) is 5.77. The Balaban J connectivity index is 2.50. The first-order valence-corrected chi connectivity index (χ1v) is 10.2. The van der Waals surface area contributed by atoms with Gasteiger partial charge in [-0.1, -0.05) is 78.8 Å². The first-order chi connectivity index (χ1) is 9.99. The van der Waals surface area contributed by atoms with Crippen LogP contribution < -0.4 is 0 Å². The summed E-state index contributed by atoms with van der Waals surface area (Å²) in [5.74, 6) is 0.354. The van der Waals surface area contributed by atoms with Crippen molar-refractivity contribution in [3.63, 3.8) is 0 Å². The van der Waals surface area contributed by atoms with E-state index in [4.69, 9.17) is 8.85 Å². The smallest absolute Gasteiger partial charge is 0.350 e. The SMILES string of the molecule is C[C@H]1[C@@H](C)O[Si](C(C)(C)C)(C(C)(C)C)O[C@H]1c1ccccc1. The highest BCUT2D eigenvalue weighted by Crippen LogP contribution is 2.57. The van der Waals surface area contributed by atoms with E-state index in [1.165, 1.54) is 5.56 Å². The van der Waals surface area contributed by atoms with Crippen LogP contribution in [-0.2, 0) is 8.85 Å². The van der Waals surface area contributed by atoms with Crippen LogP contribution in [-0.4, -0.2) is 14.7 Å². The fourth-order valence-corrected chi connectivity index (χ4v) is 8.94. The van der Waals surface area contributed by atoms with Gasteiger partial charge < -0.3 is 8.85 Å². The van der Waals surface area contributed by atoms with E-state index in [1.807, 2.05) is 0 Å². The molecule has 0 aromatic heterocycles. The lowest BCUT2D eigenvalue weighted by molar-refractivity contribution is -0.0604. The minimum absolute atomic E-state index is 0.0205. The molecule has 1 saturated heterocycles. The molecule has 3 heteroatoms. The van der Waals surface area contributed by atoms with Crippen molar-refractivity contribution in [3.05, 3.63) is 35.9 Å². The average molecular weight is 321 g/mol. The predicted molar refractivity (Wildman–Crippen MR) is 95.2 cm³/mol. The van der Waals surface area contributed by atoms with Gasteiger partial charge in [0.1, 0.15) is 0 Å². The van der Waals surface area contributed by atoms with Crippen LogP contribution in [0.1, 0.15) is 67.1 Å². The first-order valence-electron chi connectivity index (χ1n) is 8.40. The van der Waals surface area contributed by atoms with Gasteiger partial charge in [0.25, 0.3) is 0 Å². The zero-order valence-corrected chi connectivity index (χ0v) is 16.4. The van der Waals surface area contributed by atoms with E-state index in [9.17, 15) is 0 Å². The van der Waals surface area contributed by atoms with Crippen molar-refractivity contribution in [3.8, 4) is 0 Å². The standard InChI is InChI=1S/C19H32O2Si/c1-14-15(2)20-22(18(3,4)5,19(6,7)8)21-17(14)16-12-10-9-11-13-16/h9-15,17H,1-8H3/t14-,15+,17+/m0/s1. The minimum Gasteiger partial charge on any atom is -0.390 e. The van der Waals surface area contributed by atoms with Gasteiger partial charge in [0.15, 0.2) is 0 Å². The molecular weight excluding hydrogens is 288 g/mol. The quantitative estimate of drug-likeness (QED) is 0.605. The molecule has 1 aromatic carbocycles. The van der Waals surface area contributed by atoms with E-state index < -0.39 is 8.56 Å². The second-order valence-electron chi connectivity index (χ2n) is 8.75. The van der Waals surface area contributed by atoms with E-state index in [0.717, 1.165) is 0 Å². The van der Waals surface area contributed by atoms with E-state index in [2.05, 4.69) is 85.7 Å². The van der Waals surface area contributed by atoms with Gasteiger partial charge in [0.05, 0.1) is 6.10 Å². The fourth-order valence-electron chi connectivity index (χ4n) is 3.78. The molecule has 1 aliphatic rings. The van der Waals surface area contributed by atoms with Gasteiger partial charge in [-0.15, -0.1) is 0 Å². The Hall–Kier alpha value is -0.643. The van der Waals surface area contributed by atoms with Crippen LogP contribution in [0.25, 0.3) is 0 Å². The third-order valence-corrected chi connectivity index (χ3v) is 10.2. The van der Waals surface area contributed by atoms with Gasteiger partial charge in [-0.05, 0) is 12.5 Å². The van der Waals surface area contributed by atoms with Gasteiger partial charge in [-0.3, -0.25) is 0 Å². The van der Waals surface area contributed by atoms with E-state index in [1.54, 1.807) is 0 Å². The molecule has 0 N–H and O–H groups in total. The number of hydrogen-bond donors (Lipinski definition) is 0. The van der Waals surface area contributed by atoms with Gasteiger partial charge in [0.2, 0.25) is 0 Å². The summed E-state index contributed by atoms with van der Waals surface area (Å²) in [6, 6.07) is 10.6. The van der Waals surface area contributed by atoms with Crippen LogP contribution in [0.5, 0.6) is 0 Å². The maximum Gasteiger partial charge on any atom is 0.350 e. The highest BCUT2D eigenvalue weighted by Gasteiger charge is 2.62. The maximum absolute atomic E-state index is 6.89. The van der Waals surface area contributed by atoms with Gasteiger partial charge in [-0.25, -0.2) is 0 Å². The van der Waals surface area contributed by atoms with Crippen LogP contribution in [0, 0.1) is 5.92 Å². The lowest BCUT2D eigenvalue weighted by atomic mass is 9.93. The summed E-state index contributed by atoms with van der Waals surface area (Å²) >= 11 is 0. The normalized spacial score (nSPS) is 29.4. The lowest BCUT2D eigenvalue weighted by Gasteiger charge is -2.56. The molecule has 1 fully saturated rings. The summed E-state index contributed by atoms with van der Waals surface area (Å²) in [4.78, 5) is 0. The van der Waals surface area contributed by atoms with Crippen molar-refractivity contribution in [2.24, 2.45) is 5.92 Å². The third-order valence-electron chi connectivity index (χ3n) is 4.97.